The van der Waals surface area contributed by atoms with Crippen LogP contribution in [0.2, 0.25) is 0 Å². The molecule has 1 fully saturated rings. The van der Waals surface area contributed by atoms with E-state index in [9.17, 15) is 4.79 Å². The third-order valence-corrected chi connectivity index (χ3v) is 2.75. The molecule has 1 N–H and O–H groups in total. The van der Waals surface area contributed by atoms with Gasteiger partial charge in [-0.05, 0) is 19.3 Å². The number of hydrogen-bond donors (Lipinski definition) is 1. The predicted molar refractivity (Wildman–Crippen MR) is 52.9 cm³/mol. The van der Waals surface area contributed by atoms with Crippen LogP contribution in [0, 0.1) is 0 Å². The van der Waals surface area contributed by atoms with Crippen LogP contribution in [0.4, 0.5) is 0 Å². The molecule has 0 heterocycles. The van der Waals surface area contributed by atoms with Crippen molar-refractivity contribution < 1.29 is 14.6 Å². The fourth-order valence-corrected chi connectivity index (χ4v) is 1.65. The molecule has 1 saturated carbocycles. The first-order chi connectivity index (χ1) is 6.77. The third kappa shape index (κ3) is 3.27. The van der Waals surface area contributed by atoms with E-state index in [1.165, 1.54) is 26.4 Å². The maximum absolute atomic E-state index is 11.1. The monoisotopic (exact) mass is 201 g/mol. The summed E-state index contributed by atoms with van der Waals surface area (Å²) in [6, 6.07) is 0.528. The average Bonchev–Trinajstić information content (AvgIpc) is 2.11. The molecule has 0 aliphatic heterocycles. The second kappa shape index (κ2) is 5.98. The molecule has 0 spiro atoms. The average molecular weight is 201 g/mol. The van der Waals surface area contributed by atoms with Crippen LogP contribution >= 0.6 is 0 Å². The van der Waals surface area contributed by atoms with E-state index in [-0.39, 0.29) is 12.6 Å². The number of methoxy groups -OCH3 is 1. The molecule has 0 radical (unpaired) electrons. The molecule has 0 unspecified atom stereocenters. The molecule has 4 nitrogen and oxygen atoms in total. The highest BCUT2D eigenvalue weighted by Crippen LogP contribution is 2.24. The molecule has 4 heteroatoms. The Balaban J connectivity index is 2.31. The van der Waals surface area contributed by atoms with E-state index in [1.807, 2.05) is 0 Å². The molecule has 0 bridgehead atoms. The Morgan fingerprint density at radius 1 is 1.57 bits per heavy atom. The van der Waals surface area contributed by atoms with Crippen LogP contribution in [-0.2, 0) is 9.53 Å². The van der Waals surface area contributed by atoms with Crippen LogP contribution in [-0.4, -0.2) is 48.8 Å². The van der Waals surface area contributed by atoms with Crippen LogP contribution in [0.5, 0.6) is 0 Å². The molecule has 82 valence electrons. The number of esters is 1. The van der Waals surface area contributed by atoms with Gasteiger partial charge in [0.2, 0.25) is 0 Å². The minimum atomic E-state index is -0.185. The van der Waals surface area contributed by atoms with Crippen molar-refractivity contribution in [2.24, 2.45) is 0 Å². The Kier molecular flexibility index (Phi) is 4.90. The first kappa shape index (κ1) is 11.5. The highest BCUT2D eigenvalue weighted by Gasteiger charge is 2.26. The molecule has 0 saturated heterocycles. The largest absolute Gasteiger partial charge is 0.468 e. The van der Waals surface area contributed by atoms with Gasteiger partial charge in [0.1, 0.15) is 0 Å². The van der Waals surface area contributed by atoms with Gasteiger partial charge in [-0.3, -0.25) is 9.69 Å². The Morgan fingerprint density at radius 3 is 2.71 bits per heavy atom. The maximum Gasteiger partial charge on any atom is 0.319 e. The van der Waals surface area contributed by atoms with Crippen molar-refractivity contribution in [3.8, 4) is 0 Å². The van der Waals surface area contributed by atoms with Crippen LogP contribution in [0.3, 0.4) is 0 Å². The lowest BCUT2D eigenvalue weighted by Crippen LogP contribution is -2.44. The molecule has 0 aromatic heterocycles. The zero-order valence-electron chi connectivity index (χ0n) is 8.74. The van der Waals surface area contributed by atoms with Gasteiger partial charge in [-0.15, -0.1) is 0 Å². The van der Waals surface area contributed by atoms with Gasteiger partial charge in [0.25, 0.3) is 0 Å². The van der Waals surface area contributed by atoms with Gasteiger partial charge in [0.15, 0.2) is 0 Å². The molecule has 1 rings (SSSR count). The molecular formula is C10H19NO3. The van der Waals surface area contributed by atoms with Crippen LogP contribution in [0.1, 0.15) is 25.7 Å². The molecule has 14 heavy (non-hydrogen) atoms. The van der Waals surface area contributed by atoms with Gasteiger partial charge < -0.3 is 9.84 Å². The summed E-state index contributed by atoms with van der Waals surface area (Å²) in [6.07, 6.45) is 4.32. The number of rotatable bonds is 6. The van der Waals surface area contributed by atoms with Gasteiger partial charge in [-0.25, -0.2) is 0 Å². The third-order valence-electron chi connectivity index (χ3n) is 2.75. The number of hydrogen-bond acceptors (Lipinski definition) is 4. The van der Waals surface area contributed by atoms with Gasteiger partial charge in [-0.2, -0.15) is 0 Å². The number of aliphatic hydroxyl groups excluding tert-OH is 1. The van der Waals surface area contributed by atoms with E-state index < -0.39 is 0 Å². The van der Waals surface area contributed by atoms with Gasteiger partial charge in [-0.1, -0.05) is 6.42 Å². The second-order valence-electron chi connectivity index (χ2n) is 3.71. The minimum absolute atomic E-state index is 0.185. The summed E-state index contributed by atoms with van der Waals surface area (Å²) < 4.78 is 4.64. The molecule has 0 aromatic carbocycles. The molecule has 0 atom stereocenters. The van der Waals surface area contributed by atoms with Crippen LogP contribution in [0.15, 0.2) is 0 Å². The SMILES string of the molecule is COC(=O)CN(CCCO)C1CCC1. The van der Waals surface area contributed by atoms with Crippen LogP contribution < -0.4 is 0 Å². The van der Waals surface area contributed by atoms with E-state index in [2.05, 4.69) is 9.64 Å². The number of carbonyl (C=O) groups is 1. The van der Waals surface area contributed by atoms with Gasteiger partial charge >= 0.3 is 5.97 Å². The highest BCUT2D eigenvalue weighted by atomic mass is 16.5. The first-order valence-corrected chi connectivity index (χ1v) is 5.19. The smallest absolute Gasteiger partial charge is 0.319 e. The number of ether oxygens (including phenoxy) is 1. The highest BCUT2D eigenvalue weighted by molar-refractivity contribution is 5.71. The summed E-state index contributed by atoms with van der Waals surface area (Å²) in [5, 5.41) is 8.74. The lowest BCUT2D eigenvalue weighted by Gasteiger charge is -2.36. The van der Waals surface area contributed by atoms with E-state index in [4.69, 9.17) is 5.11 Å². The molecular weight excluding hydrogens is 182 g/mol. The Morgan fingerprint density at radius 2 is 2.29 bits per heavy atom. The quantitative estimate of drug-likeness (QED) is 0.632. The van der Waals surface area contributed by atoms with E-state index in [0.29, 0.717) is 12.6 Å². The summed E-state index contributed by atoms with van der Waals surface area (Å²) in [5.74, 6) is -0.185. The Hall–Kier alpha value is -0.610. The normalized spacial score (nSPS) is 16.8. The second-order valence-corrected chi connectivity index (χ2v) is 3.71. The zero-order chi connectivity index (χ0) is 10.4. The van der Waals surface area contributed by atoms with Crippen LogP contribution in [0.25, 0.3) is 0 Å². The molecule has 1 aliphatic carbocycles. The Bertz CT molecular complexity index is 180. The minimum Gasteiger partial charge on any atom is -0.468 e. The summed E-state index contributed by atoms with van der Waals surface area (Å²) in [7, 11) is 1.41. The Labute approximate surface area is 84.8 Å². The lowest BCUT2D eigenvalue weighted by molar-refractivity contribution is -0.143. The summed E-state index contributed by atoms with van der Waals surface area (Å²) in [6.45, 7) is 1.34. The fourth-order valence-electron chi connectivity index (χ4n) is 1.65. The van der Waals surface area contributed by atoms with E-state index in [1.54, 1.807) is 0 Å². The fraction of sp³-hybridized carbons (Fsp3) is 0.900. The van der Waals surface area contributed by atoms with Crippen molar-refractivity contribution in [3.63, 3.8) is 0 Å². The lowest BCUT2D eigenvalue weighted by atomic mass is 9.91. The van der Waals surface area contributed by atoms with Crippen molar-refractivity contribution in [2.75, 3.05) is 26.8 Å². The molecule has 0 amide bonds. The maximum atomic E-state index is 11.1. The predicted octanol–water partition coefficient (Wildman–Crippen LogP) is 0.396. The standard InChI is InChI=1S/C10H19NO3/c1-14-10(13)8-11(6-3-7-12)9-4-2-5-9/h9,12H,2-8H2,1H3. The van der Waals surface area contributed by atoms with Crippen molar-refractivity contribution in [1.29, 1.82) is 0 Å². The number of carbonyl (C=O) groups excluding carboxylic acids is 1. The molecule has 1 aliphatic rings. The first-order valence-electron chi connectivity index (χ1n) is 5.19. The van der Waals surface area contributed by atoms with E-state index >= 15 is 0 Å². The van der Waals surface area contributed by atoms with E-state index in [0.717, 1.165) is 13.0 Å². The summed E-state index contributed by atoms with van der Waals surface area (Å²) in [5.41, 5.74) is 0. The number of aliphatic hydroxyl groups is 1. The topological polar surface area (TPSA) is 49.8 Å². The summed E-state index contributed by atoms with van der Waals surface area (Å²) >= 11 is 0. The molecule has 0 aromatic rings. The van der Waals surface area contributed by atoms with Crippen molar-refractivity contribution >= 4 is 5.97 Å². The summed E-state index contributed by atoms with van der Waals surface area (Å²) in [4.78, 5) is 13.2. The zero-order valence-corrected chi connectivity index (χ0v) is 8.74. The number of nitrogens with zero attached hydrogens (tertiary/aromatic N) is 1. The van der Waals surface area contributed by atoms with Crippen molar-refractivity contribution in [3.05, 3.63) is 0 Å². The van der Waals surface area contributed by atoms with Gasteiger partial charge in [0, 0.05) is 19.2 Å². The van der Waals surface area contributed by atoms with Crippen molar-refractivity contribution in [1.82, 2.24) is 4.90 Å². The van der Waals surface area contributed by atoms with Crippen molar-refractivity contribution in [2.45, 2.75) is 31.7 Å². The van der Waals surface area contributed by atoms with Gasteiger partial charge in [0.05, 0.1) is 13.7 Å².